The molecule has 4 nitrogen and oxygen atoms in total. The minimum atomic E-state index is -0.323. The summed E-state index contributed by atoms with van der Waals surface area (Å²) in [5.41, 5.74) is 1.85. The van der Waals surface area contributed by atoms with Gasteiger partial charge in [0, 0.05) is 36.2 Å². The zero-order valence-corrected chi connectivity index (χ0v) is 24.5. The average Bonchev–Trinajstić information content (AvgIpc) is 2.78. The molecule has 1 aromatic rings. The molecular formula is C30H55ClN2O2. The molecule has 0 unspecified atom stereocenters. The Morgan fingerprint density at radius 3 is 1.80 bits per heavy atom. The van der Waals surface area contributed by atoms with Crippen LogP contribution >= 0.6 is 0 Å². The number of ether oxygens (including phenoxy) is 1. The molecule has 0 aliphatic heterocycles. The maximum atomic E-state index is 10.9. The third-order valence-electron chi connectivity index (χ3n) is 5.67. The summed E-state index contributed by atoms with van der Waals surface area (Å²) in [6, 6.07) is 4.39. The van der Waals surface area contributed by atoms with Gasteiger partial charge in [-0.1, -0.05) is 77.7 Å². The van der Waals surface area contributed by atoms with Gasteiger partial charge in [-0.3, -0.25) is 0 Å². The molecule has 1 heterocycles. The zero-order chi connectivity index (χ0) is 25.7. The maximum Gasteiger partial charge on any atom is 0.333 e. The molecule has 0 atom stereocenters. The van der Waals surface area contributed by atoms with E-state index in [2.05, 4.69) is 75.6 Å². The van der Waals surface area contributed by atoms with Crippen LogP contribution in [0.1, 0.15) is 117 Å². The molecule has 0 spiro atoms. The second-order valence-electron chi connectivity index (χ2n) is 10.6. The number of hydrogen-bond donors (Lipinski definition) is 1. The third-order valence-corrected chi connectivity index (χ3v) is 5.67. The standard InChI is InChI=1S/C20H36N.C10H19NO2.ClH/c1-3-4-5-6-7-8-9-10-11-12-13-14-17-21-18-15-20(2)16-19-21;1-8(2)9(12)13-7-6-11-10(3,4)5;/h15-16,18-19H,3-14,17H2,1-2H3;11H,1,6-7H2,2-5H3;1H/q+1;;/p-1. The molecule has 1 N–H and O–H groups in total. The number of aromatic nitrogens is 1. The van der Waals surface area contributed by atoms with Crippen LogP contribution in [-0.2, 0) is 16.1 Å². The Hall–Kier alpha value is -1.39. The number of halogens is 1. The Kier molecular flexibility index (Phi) is 23.5. The van der Waals surface area contributed by atoms with Crippen LogP contribution in [0.2, 0.25) is 0 Å². The number of carbonyl (C=O) groups is 1. The van der Waals surface area contributed by atoms with Gasteiger partial charge < -0.3 is 22.5 Å². The minimum absolute atomic E-state index is 0. The number of unbranched alkanes of at least 4 members (excludes halogenated alkanes) is 11. The lowest BCUT2D eigenvalue weighted by Crippen LogP contribution is -3.00. The summed E-state index contributed by atoms with van der Waals surface area (Å²) in [6.45, 7) is 18.0. The molecule has 1 aromatic heterocycles. The average molecular weight is 511 g/mol. The highest BCUT2D eigenvalue weighted by molar-refractivity contribution is 5.86. The Balaban J connectivity index is 0. The third kappa shape index (κ3) is 25.5. The summed E-state index contributed by atoms with van der Waals surface area (Å²) >= 11 is 0. The predicted octanol–water partition coefficient (Wildman–Crippen LogP) is 4.48. The molecule has 0 radical (unpaired) electrons. The number of pyridine rings is 1. The van der Waals surface area contributed by atoms with Crippen molar-refractivity contribution in [3.05, 3.63) is 42.2 Å². The molecule has 0 aromatic carbocycles. The van der Waals surface area contributed by atoms with Crippen molar-refractivity contribution in [3.8, 4) is 0 Å². The van der Waals surface area contributed by atoms with Crippen molar-refractivity contribution < 1.29 is 26.5 Å². The highest BCUT2D eigenvalue weighted by Gasteiger charge is 2.08. The fourth-order valence-corrected chi connectivity index (χ4v) is 3.51. The Bertz CT molecular complexity index is 639. The van der Waals surface area contributed by atoms with Gasteiger partial charge in [0.2, 0.25) is 0 Å². The van der Waals surface area contributed by atoms with E-state index in [1.165, 1.54) is 89.2 Å². The van der Waals surface area contributed by atoms with Crippen LogP contribution in [0, 0.1) is 6.92 Å². The van der Waals surface area contributed by atoms with E-state index in [-0.39, 0.29) is 23.9 Å². The normalized spacial score (nSPS) is 10.7. The first kappa shape index (κ1) is 35.8. The molecule has 0 amide bonds. The first-order chi connectivity index (χ1) is 16.2. The van der Waals surface area contributed by atoms with E-state index in [1.54, 1.807) is 6.92 Å². The van der Waals surface area contributed by atoms with E-state index in [1.807, 2.05) is 0 Å². The second kappa shape index (κ2) is 23.0. The Labute approximate surface area is 223 Å². The van der Waals surface area contributed by atoms with E-state index in [0.717, 1.165) is 0 Å². The van der Waals surface area contributed by atoms with E-state index in [9.17, 15) is 4.79 Å². The molecule has 0 saturated carbocycles. The molecular weight excluding hydrogens is 456 g/mol. The monoisotopic (exact) mass is 510 g/mol. The predicted molar refractivity (Wildman–Crippen MR) is 146 cm³/mol. The van der Waals surface area contributed by atoms with Gasteiger partial charge in [0.1, 0.15) is 13.2 Å². The van der Waals surface area contributed by atoms with Crippen LogP contribution in [0.25, 0.3) is 0 Å². The van der Waals surface area contributed by atoms with E-state index >= 15 is 0 Å². The van der Waals surface area contributed by atoms with Crippen LogP contribution in [0.4, 0.5) is 0 Å². The van der Waals surface area contributed by atoms with Crippen molar-refractivity contribution in [2.75, 3.05) is 13.2 Å². The lowest BCUT2D eigenvalue weighted by Gasteiger charge is -2.20. The molecule has 0 saturated heterocycles. The highest BCUT2D eigenvalue weighted by Crippen LogP contribution is 2.11. The topological polar surface area (TPSA) is 42.2 Å². The summed E-state index contributed by atoms with van der Waals surface area (Å²) in [7, 11) is 0. The number of rotatable bonds is 17. The molecule has 1 rings (SSSR count). The number of nitrogens with zero attached hydrogens (tertiary/aromatic N) is 1. The smallest absolute Gasteiger partial charge is 0.333 e. The minimum Gasteiger partial charge on any atom is -1.00 e. The van der Waals surface area contributed by atoms with Crippen molar-refractivity contribution in [2.45, 2.75) is 131 Å². The molecule has 35 heavy (non-hydrogen) atoms. The number of nitrogens with one attached hydrogen (secondary N) is 1. The summed E-state index contributed by atoms with van der Waals surface area (Å²) in [5, 5.41) is 3.21. The van der Waals surface area contributed by atoms with Crippen LogP contribution in [0.5, 0.6) is 0 Å². The molecule has 0 aliphatic carbocycles. The van der Waals surface area contributed by atoms with Gasteiger partial charge in [-0.15, -0.1) is 0 Å². The number of carbonyl (C=O) groups excluding carboxylic acids is 1. The number of hydrogen-bond acceptors (Lipinski definition) is 3. The second-order valence-corrected chi connectivity index (χ2v) is 10.6. The van der Waals surface area contributed by atoms with Gasteiger partial charge in [-0.25, -0.2) is 9.36 Å². The lowest BCUT2D eigenvalue weighted by molar-refractivity contribution is -0.697. The fourth-order valence-electron chi connectivity index (χ4n) is 3.51. The molecule has 5 heteroatoms. The van der Waals surface area contributed by atoms with Crippen LogP contribution in [0.15, 0.2) is 36.7 Å². The summed E-state index contributed by atoms with van der Waals surface area (Å²) in [4.78, 5) is 10.9. The number of aryl methyl sites for hydroxylation is 2. The Morgan fingerprint density at radius 2 is 1.37 bits per heavy atom. The van der Waals surface area contributed by atoms with Gasteiger partial charge >= 0.3 is 5.97 Å². The molecule has 204 valence electrons. The van der Waals surface area contributed by atoms with Crippen LogP contribution < -0.4 is 22.3 Å². The van der Waals surface area contributed by atoms with Crippen molar-refractivity contribution in [2.24, 2.45) is 0 Å². The van der Waals surface area contributed by atoms with Gasteiger partial charge in [0.25, 0.3) is 0 Å². The summed E-state index contributed by atoms with van der Waals surface area (Å²) in [6.07, 6.45) is 21.5. The van der Waals surface area contributed by atoms with E-state index in [0.29, 0.717) is 18.7 Å². The van der Waals surface area contributed by atoms with Gasteiger partial charge in [-0.05, 0) is 46.6 Å². The largest absolute Gasteiger partial charge is 1.00 e. The van der Waals surface area contributed by atoms with Gasteiger partial charge in [-0.2, -0.15) is 0 Å². The van der Waals surface area contributed by atoms with Crippen molar-refractivity contribution in [1.29, 1.82) is 0 Å². The van der Waals surface area contributed by atoms with E-state index in [4.69, 9.17) is 4.74 Å². The van der Waals surface area contributed by atoms with Crippen molar-refractivity contribution >= 4 is 5.97 Å². The first-order valence-corrected chi connectivity index (χ1v) is 13.7. The molecule has 0 bridgehead atoms. The maximum absolute atomic E-state index is 10.9. The quantitative estimate of drug-likeness (QED) is 0.145. The zero-order valence-electron chi connectivity index (χ0n) is 23.8. The van der Waals surface area contributed by atoms with Crippen molar-refractivity contribution in [1.82, 2.24) is 5.32 Å². The van der Waals surface area contributed by atoms with Crippen LogP contribution in [0.3, 0.4) is 0 Å². The van der Waals surface area contributed by atoms with E-state index < -0.39 is 0 Å². The first-order valence-electron chi connectivity index (χ1n) is 13.7. The van der Waals surface area contributed by atoms with Crippen LogP contribution in [-0.4, -0.2) is 24.7 Å². The lowest BCUT2D eigenvalue weighted by atomic mass is 10.1. The molecule has 0 aliphatic rings. The number of esters is 1. The van der Waals surface area contributed by atoms with Gasteiger partial charge in [0.15, 0.2) is 12.4 Å². The van der Waals surface area contributed by atoms with Crippen molar-refractivity contribution in [3.63, 3.8) is 0 Å². The summed E-state index contributed by atoms with van der Waals surface area (Å²) < 4.78 is 7.21. The summed E-state index contributed by atoms with van der Waals surface area (Å²) in [5.74, 6) is -0.323. The highest BCUT2D eigenvalue weighted by atomic mass is 35.5. The molecule has 0 fully saturated rings. The fraction of sp³-hybridized carbons (Fsp3) is 0.733. The SMILES string of the molecule is C=C(C)C(=O)OCCNC(C)(C)C.CCCCCCCCCCCCCC[n+]1ccc(C)cc1.[Cl-]. The Morgan fingerprint density at radius 1 is 0.914 bits per heavy atom. The van der Waals surface area contributed by atoms with Gasteiger partial charge in [0.05, 0.1) is 0 Å².